The number of phenols is 4. The van der Waals surface area contributed by atoms with E-state index in [1.54, 1.807) is 42.5 Å². The number of aryl methyl sites for hydroxylation is 4. The molecule has 4 nitrogen and oxygen atoms in total. The summed E-state index contributed by atoms with van der Waals surface area (Å²) in [4.78, 5) is 0. The van der Waals surface area contributed by atoms with Crippen LogP contribution in [0.3, 0.4) is 0 Å². The Morgan fingerprint density at radius 1 is 0.375 bits per heavy atom. The number of hydrogen-bond donors (Lipinski definition) is 4. The molecule has 4 aromatic carbocycles. The van der Waals surface area contributed by atoms with E-state index in [4.69, 9.17) is 20.4 Å². The van der Waals surface area contributed by atoms with Crippen LogP contribution in [0, 0.1) is 27.7 Å². The molecule has 4 N–H and O–H groups in total. The smallest absolute Gasteiger partial charge is 0.118 e. The van der Waals surface area contributed by atoms with Crippen LogP contribution in [-0.4, -0.2) is 20.4 Å². The Kier molecular flexibility index (Phi) is 11.5. The molecule has 0 saturated carbocycles. The summed E-state index contributed by atoms with van der Waals surface area (Å²) in [5, 5.41) is 35.2. The quantitative estimate of drug-likeness (QED) is 0.246. The number of benzene rings is 4. The number of phenolic OH excluding ortho intramolecular Hbond substituents is 4. The Morgan fingerprint density at radius 2 is 0.656 bits per heavy atom. The zero-order valence-corrected chi connectivity index (χ0v) is 19.0. The minimum absolute atomic E-state index is 0.329. The van der Waals surface area contributed by atoms with Gasteiger partial charge in [0, 0.05) is 0 Å². The van der Waals surface area contributed by atoms with E-state index in [0.29, 0.717) is 23.0 Å². The van der Waals surface area contributed by atoms with Crippen molar-refractivity contribution in [3.63, 3.8) is 0 Å². The lowest BCUT2D eigenvalue weighted by atomic mass is 10.2. The first-order chi connectivity index (χ1) is 15.2. The molecule has 0 atom stereocenters. The molecule has 0 bridgehead atoms. The predicted molar refractivity (Wildman–Crippen MR) is 131 cm³/mol. The van der Waals surface area contributed by atoms with Crippen molar-refractivity contribution >= 4 is 0 Å². The number of para-hydroxylation sites is 1. The van der Waals surface area contributed by atoms with Gasteiger partial charge in [0.25, 0.3) is 0 Å². The molecule has 168 valence electrons. The molecule has 0 spiro atoms. The molecule has 0 aromatic heterocycles. The minimum atomic E-state index is 0.329. The molecule has 4 aromatic rings. The van der Waals surface area contributed by atoms with Gasteiger partial charge in [0.15, 0.2) is 0 Å². The highest BCUT2D eigenvalue weighted by atomic mass is 16.3. The van der Waals surface area contributed by atoms with Gasteiger partial charge in [-0.2, -0.15) is 0 Å². The van der Waals surface area contributed by atoms with E-state index in [1.165, 1.54) is 16.7 Å². The third-order valence-corrected chi connectivity index (χ3v) is 4.22. The second kappa shape index (κ2) is 14.1. The van der Waals surface area contributed by atoms with Crippen molar-refractivity contribution in [3.05, 3.63) is 119 Å². The topological polar surface area (TPSA) is 80.9 Å². The van der Waals surface area contributed by atoms with E-state index in [1.807, 2.05) is 82.3 Å². The molecule has 0 aliphatic rings. The zero-order valence-electron chi connectivity index (χ0n) is 19.0. The van der Waals surface area contributed by atoms with Crippen LogP contribution in [0.15, 0.2) is 97.1 Å². The van der Waals surface area contributed by atoms with E-state index < -0.39 is 0 Å². The van der Waals surface area contributed by atoms with Crippen LogP contribution in [0.5, 0.6) is 23.0 Å². The highest BCUT2D eigenvalue weighted by molar-refractivity contribution is 5.30. The van der Waals surface area contributed by atoms with E-state index in [0.717, 1.165) is 5.56 Å². The summed E-state index contributed by atoms with van der Waals surface area (Å²) in [6, 6.07) is 28.5. The first kappa shape index (κ1) is 26.1. The Balaban J connectivity index is 0.000000213. The fourth-order valence-electron chi connectivity index (χ4n) is 2.20. The average Bonchev–Trinajstić information content (AvgIpc) is 2.78. The van der Waals surface area contributed by atoms with Crippen LogP contribution >= 0.6 is 0 Å². The standard InChI is InChI=1S/4C7H8O/c3*1-6-2-4-7(8)5-3-6;1-6-4-2-3-5-7(6)8/h4*2-5,8H,1H3. The maximum atomic E-state index is 8.92. The first-order valence-electron chi connectivity index (χ1n) is 10.2. The molecular weight excluding hydrogens is 400 g/mol. The van der Waals surface area contributed by atoms with E-state index in [-0.39, 0.29) is 0 Å². The molecule has 4 rings (SSSR count). The highest BCUT2D eigenvalue weighted by Crippen LogP contribution is 2.12. The lowest BCUT2D eigenvalue weighted by molar-refractivity contribution is 0.471. The van der Waals surface area contributed by atoms with Gasteiger partial charge in [-0.1, -0.05) is 71.3 Å². The maximum Gasteiger partial charge on any atom is 0.118 e. The fraction of sp³-hybridized carbons (Fsp3) is 0.143. The second-order valence-corrected chi connectivity index (χ2v) is 7.29. The van der Waals surface area contributed by atoms with Gasteiger partial charge in [-0.3, -0.25) is 0 Å². The van der Waals surface area contributed by atoms with Gasteiger partial charge in [0.05, 0.1) is 0 Å². The summed E-state index contributed by atoms with van der Waals surface area (Å²) in [6.07, 6.45) is 0. The fourth-order valence-corrected chi connectivity index (χ4v) is 2.20. The molecule has 0 unspecified atom stereocenters. The van der Waals surface area contributed by atoms with Crippen molar-refractivity contribution in [2.24, 2.45) is 0 Å². The first-order valence-corrected chi connectivity index (χ1v) is 10.2. The van der Waals surface area contributed by atoms with Gasteiger partial charge in [-0.05, 0) is 75.7 Å². The molecule has 0 radical (unpaired) electrons. The van der Waals surface area contributed by atoms with Crippen LogP contribution in [0.2, 0.25) is 0 Å². The van der Waals surface area contributed by atoms with E-state index >= 15 is 0 Å². The summed E-state index contributed by atoms with van der Waals surface area (Å²) in [5.74, 6) is 1.36. The Labute approximate surface area is 190 Å². The van der Waals surface area contributed by atoms with Gasteiger partial charge in [0.1, 0.15) is 23.0 Å². The van der Waals surface area contributed by atoms with Crippen molar-refractivity contribution in [1.29, 1.82) is 0 Å². The molecule has 0 aliphatic carbocycles. The van der Waals surface area contributed by atoms with Crippen molar-refractivity contribution in [1.82, 2.24) is 0 Å². The number of hydrogen-bond acceptors (Lipinski definition) is 4. The lowest BCUT2D eigenvalue weighted by Crippen LogP contribution is -1.68. The molecule has 32 heavy (non-hydrogen) atoms. The molecule has 0 aliphatic heterocycles. The second-order valence-electron chi connectivity index (χ2n) is 7.29. The Bertz CT molecular complexity index is 835. The van der Waals surface area contributed by atoms with Crippen LogP contribution in [0.1, 0.15) is 22.3 Å². The summed E-state index contributed by atoms with van der Waals surface area (Å²) >= 11 is 0. The third kappa shape index (κ3) is 11.9. The SMILES string of the molecule is Cc1ccc(O)cc1.Cc1ccc(O)cc1.Cc1ccc(O)cc1.Cc1ccccc1O. The summed E-state index contributed by atoms with van der Waals surface area (Å²) in [7, 11) is 0. The van der Waals surface area contributed by atoms with Gasteiger partial charge in [-0.15, -0.1) is 0 Å². The van der Waals surface area contributed by atoms with Crippen molar-refractivity contribution in [3.8, 4) is 23.0 Å². The largest absolute Gasteiger partial charge is 0.508 e. The highest BCUT2D eigenvalue weighted by Gasteiger charge is 1.87. The maximum absolute atomic E-state index is 8.92. The van der Waals surface area contributed by atoms with Gasteiger partial charge < -0.3 is 20.4 Å². The molecule has 0 saturated heterocycles. The summed E-state index contributed by atoms with van der Waals surface area (Å²) in [5.41, 5.74) is 4.43. The minimum Gasteiger partial charge on any atom is -0.508 e. The monoisotopic (exact) mass is 432 g/mol. The van der Waals surface area contributed by atoms with Crippen LogP contribution in [-0.2, 0) is 0 Å². The predicted octanol–water partition coefficient (Wildman–Crippen LogP) is 6.80. The number of rotatable bonds is 0. The third-order valence-electron chi connectivity index (χ3n) is 4.22. The van der Waals surface area contributed by atoms with Gasteiger partial charge in [-0.25, -0.2) is 0 Å². The molecule has 0 fully saturated rings. The van der Waals surface area contributed by atoms with Crippen LogP contribution < -0.4 is 0 Å². The normalized spacial score (nSPS) is 9.12. The summed E-state index contributed by atoms with van der Waals surface area (Å²) in [6.45, 7) is 7.83. The van der Waals surface area contributed by atoms with Crippen molar-refractivity contribution < 1.29 is 20.4 Å². The van der Waals surface area contributed by atoms with Crippen LogP contribution in [0.25, 0.3) is 0 Å². The molecule has 0 amide bonds. The van der Waals surface area contributed by atoms with Gasteiger partial charge >= 0.3 is 0 Å². The van der Waals surface area contributed by atoms with Crippen molar-refractivity contribution in [2.75, 3.05) is 0 Å². The number of aromatic hydroxyl groups is 4. The average molecular weight is 433 g/mol. The molecular formula is C28H32O4. The van der Waals surface area contributed by atoms with E-state index in [9.17, 15) is 0 Å². The van der Waals surface area contributed by atoms with E-state index in [2.05, 4.69) is 0 Å². The van der Waals surface area contributed by atoms with Gasteiger partial charge in [0.2, 0.25) is 0 Å². The Morgan fingerprint density at radius 3 is 0.844 bits per heavy atom. The zero-order chi connectivity index (χ0) is 23.9. The molecule has 0 heterocycles. The summed E-state index contributed by atoms with van der Waals surface area (Å²) < 4.78 is 0. The van der Waals surface area contributed by atoms with Crippen LogP contribution in [0.4, 0.5) is 0 Å². The molecule has 4 heteroatoms. The lowest BCUT2D eigenvalue weighted by Gasteiger charge is -1.92. The van der Waals surface area contributed by atoms with Crippen molar-refractivity contribution in [2.45, 2.75) is 27.7 Å². The Hall–Kier alpha value is -3.92.